The van der Waals surface area contributed by atoms with Gasteiger partial charge >= 0.3 is 5.97 Å². The van der Waals surface area contributed by atoms with Crippen molar-refractivity contribution in [1.82, 2.24) is 9.47 Å². The number of hydrogen-bond donors (Lipinski definition) is 0. The van der Waals surface area contributed by atoms with Crippen molar-refractivity contribution in [2.24, 2.45) is 5.92 Å². The second kappa shape index (κ2) is 11.8. The molecule has 3 aromatic rings. The maximum atomic E-state index is 12.5. The SMILES string of the molecule is COC(=O)c1ccc2c(C3CCCCC3)c3n(c2c1)CCN(CCC1CCN(C2CCCC2)CC1)c1ccccc1-3. The summed E-state index contributed by atoms with van der Waals surface area (Å²) in [6.07, 6.45) is 16.2. The van der Waals surface area contributed by atoms with Gasteiger partial charge in [0.05, 0.1) is 18.4 Å². The number of esters is 1. The fourth-order valence-corrected chi connectivity index (χ4v) is 8.69. The Morgan fingerprint density at radius 1 is 0.854 bits per heavy atom. The van der Waals surface area contributed by atoms with Gasteiger partial charge in [-0.25, -0.2) is 4.79 Å². The van der Waals surface area contributed by atoms with E-state index >= 15 is 0 Å². The summed E-state index contributed by atoms with van der Waals surface area (Å²) in [5, 5.41) is 1.33. The molecule has 0 unspecified atom stereocenters. The lowest BCUT2D eigenvalue weighted by atomic mass is 9.81. The Balaban J connectivity index is 1.19. The number of carbonyl (C=O) groups excluding carboxylic acids is 1. The molecule has 1 saturated heterocycles. The first-order valence-corrected chi connectivity index (χ1v) is 16.5. The van der Waals surface area contributed by atoms with Crippen molar-refractivity contribution in [2.45, 2.75) is 95.6 Å². The lowest BCUT2D eigenvalue weighted by Crippen LogP contribution is -2.40. The second-order valence-corrected chi connectivity index (χ2v) is 13.2. The highest BCUT2D eigenvalue weighted by atomic mass is 16.5. The van der Waals surface area contributed by atoms with E-state index in [0.29, 0.717) is 11.5 Å². The molecule has 0 N–H and O–H groups in total. The minimum Gasteiger partial charge on any atom is -0.465 e. The van der Waals surface area contributed by atoms with Gasteiger partial charge in [-0.2, -0.15) is 0 Å². The summed E-state index contributed by atoms with van der Waals surface area (Å²) in [6.45, 7) is 5.67. The molecular formula is C36H47N3O2. The smallest absolute Gasteiger partial charge is 0.337 e. The monoisotopic (exact) mass is 553 g/mol. The van der Waals surface area contributed by atoms with Gasteiger partial charge in [0.25, 0.3) is 0 Å². The predicted molar refractivity (Wildman–Crippen MR) is 168 cm³/mol. The molecule has 41 heavy (non-hydrogen) atoms. The predicted octanol–water partition coefficient (Wildman–Crippen LogP) is 8.01. The van der Waals surface area contributed by atoms with Crippen LogP contribution in [0.15, 0.2) is 42.5 Å². The lowest BCUT2D eigenvalue weighted by molar-refractivity contribution is 0.0601. The van der Waals surface area contributed by atoms with Gasteiger partial charge in [-0.15, -0.1) is 0 Å². The van der Waals surface area contributed by atoms with Crippen LogP contribution < -0.4 is 4.90 Å². The molecule has 2 saturated carbocycles. The number of hydrogen-bond acceptors (Lipinski definition) is 4. The van der Waals surface area contributed by atoms with Crippen molar-refractivity contribution in [3.05, 3.63) is 53.6 Å². The summed E-state index contributed by atoms with van der Waals surface area (Å²) in [4.78, 5) is 18.0. The molecule has 3 fully saturated rings. The Kier molecular flexibility index (Phi) is 7.81. The van der Waals surface area contributed by atoms with Gasteiger partial charge in [0.2, 0.25) is 0 Å². The number of ether oxygens (including phenoxy) is 1. The third kappa shape index (κ3) is 5.20. The largest absolute Gasteiger partial charge is 0.465 e. The molecule has 5 nitrogen and oxygen atoms in total. The average molecular weight is 554 g/mol. The van der Waals surface area contributed by atoms with Crippen molar-refractivity contribution in [1.29, 1.82) is 0 Å². The van der Waals surface area contributed by atoms with Crippen molar-refractivity contribution in [2.75, 3.05) is 38.2 Å². The molecule has 2 aliphatic heterocycles. The van der Waals surface area contributed by atoms with Crippen LogP contribution in [0, 0.1) is 5.92 Å². The quantitative estimate of drug-likeness (QED) is 0.290. The van der Waals surface area contributed by atoms with Gasteiger partial charge in [-0.05, 0) is 93.6 Å². The number of likely N-dealkylation sites (tertiary alicyclic amines) is 1. The zero-order valence-electron chi connectivity index (χ0n) is 25.0. The minimum atomic E-state index is -0.253. The van der Waals surface area contributed by atoms with Crippen LogP contribution in [0.5, 0.6) is 0 Å². The Labute approximate surface area is 245 Å². The molecule has 3 heterocycles. The van der Waals surface area contributed by atoms with E-state index in [1.54, 1.807) is 0 Å². The van der Waals surface area contributed by atoms with Gasteiger partial charge in [0.1, 0.15) is 0 Å². The van der Waals surface area contributed by atoms with Crippen LogP contribution in [0.3, 0.4) is 0 Å². The Morgan fingerprint density at radius 2 is 1.61 bits per heavy atom. The summed E-state index contributed by atoms with van der Waals surface area (Å²) in [7, 11) is 1.48. The fourth-order valence-electron chi connectivity index (χ4n) is 8.69. The summed E-state index contributed by atoms with van der Waals surface area (Å²) in [5.41, 5.74) is 7.52. The Morgan fingerprint density at radius 3 is 2.39 bits per heavy atom. The molecule has 0 spiro atoms. The third-order valence-electron chi connectivity index (χ3n) is 10.9. The van der Waals surface area contributed by atoms with Crippen LogP contribution in [0.25, 0.3) is 22.2 Å². The van der Waals surface area contributed by atoms with Gasteiger partial charge in [-0.3, -0.25) is 0 Å². The van der Waals surface area contributed by atoms with Gasteiger partial charge < -0.3 is 19.1 Å². The van der Waals surface area contributed by atoms with Crippen LogP contribution in [0.4, 0.5) is 5.69 Å². The van der Waals surface area contributed by atoms with E-state index in [1.165, 1.54) is 131 Å². The van der Waals surface area contributed by atoms with Crippen molar-refractivity contribution < 1.29 is 9.53 Å². The first-order chi connectivity index (χ1) is 20.2. The van der Waals surface area contributed by atoms with Crippen LogP contribution in [0.1, 0.15) is 98.9 Å². The second-order valence-electron chi connectivity index (χ2n) is 13.2. The number of nitrogens with zero attached hydrogens (tertiary/aromatic N) is 3. The number of rotatable bonds is 6. The van der Waals surface area contributed by atoms with Gasteiger partial charge in [-0.1, -0.05) is 56.4 Å². The molecule has 4 aliphatic rings. The standard InChI is InChI=1S/C36H47N3O2/c1-41-36(40)28-15-16-30-33(25-28)39-24-23-38(22-19-26-17-20-37(21-18-26)29-11-5-6-12-29)32-14-8-7-13-31(32)35(39)34(30)27-9-3-2-4-10-27/h7-8,13-16,25-27,29H,2-6,9-12,17-24H2,1H3. The molecule has 218 valence electrons. The lowest BCUT2D eigenvalue weighted by Gasteiger charge is -2.37. The number of piperidine rings is 1. The molecule has 0 atom stereocenters. The number of benzene rings is 2. The number of methoxy groups -OCH3 is 1. The van der Waals surface area contributed by atoms with E-state index < -0.39 is 0 Å². The molecule has 7 rings (SSSR count). The number of anilines is 1. The highest BCUT2D eigenvalue weighted by molar-refractivity contribution is 6.00. The molecule has 0 bridgehead atoms. The van der Waals surface area contributed by atoms with Crippen LogP contribution in [-0.2, 0) is 11.3 Å². The maximum Gasteiger partial charge on any atom is 0.337 e. The number of aromatic nitrogens is 1. The van der Waals surface area contributed by atoms with E-state index in [1.807, 2.05) is 6.07 Å². The first kappa shape index (κ1) is 27.1. The van der Waals surface area contributed by atoms with Crippen molar-refractivity contribution >= 4 is 22.6 Å². The van der Waals surface area contributed by atoms with E-state index in [-0.39, 0.29) is 5.97 Å². The molecule has 0 amide bonds. The highest BCUT2D eigenvalue weighted by Crippen LogP contribution is 2.47. The zero-order chi connectivity index (χ0) is 27.8. The summed E-state index contributed by atoms with van der Waals surface area (Å²) in [5.74, 6) is 1.16. The van der Waals surface area contributed by atoms with E-state index in [0.717, 1.165) is 31.6 Å². The Bertz CT molecular complexity index is 1370. The summed E-state index contributed by atoms with van der Waals surface area (Å²) < 4.78 is 7.66. The zero-order valence-corrected chi connectivity index (χ0v) is 25.0. The van der Waals surface area contributed by atoms with E-state index in [2.05, 4.69) is 50.8 Å². The number of fused-ring (bicyclic) bond motifs is 5. The summed E-state index contributed by atoms with van der Waals surface area (Å²) in [6, 6.07) is 16.3. The topological polar surface area (TPSA) is 37.7 Å². The molecular weight excluding hydrogens is 506 g/mol. The fraction of sp³-hybridized carbons (Fsp3) is 0.583. The Hall–Kier alpha value is -2.79. The van der Waals surface area contributed by atoms with Crippen LogP contribution in [-0.4, -0.2) is 54.8 Å². The maximum absolute atomic E-state index is 12.5. The molecule has 2 aliphatic carbocycles. The van der Waals surface area contributed by atoms with Gasteiger partial charge in [0, 0.05) is 47.8 Å². The van der Waals surface area contributed by atoms with E-state index in [9.17, 15) is 4.79 Å². The number of carbonyl (C=O) groups is 1. The first-order valence-electron chi connectivity index (χ1n) is 16.5. The van der Waals surface area contributed by atoms with Crippen molar-refractivity contribution in [3.8, 4) is 11.3 Å². The van der Waals surface area contributed by atoms with Crippen molar-refractivity contribution in [3.63, 3.8) is 0 Å². The molecule has 0 radical (unpaired) electrons. The molecule has 2 aromatic carbocycles. The molecule has 1 aromatic heterocycles. The van der Waals surface area contributed by atoms with Crippen LogP contribution >= 0.6 is 0 Å². The normalized spacial score (nSPS) is 21.1. The van der Waals surface area contributed by atoms with E-state index in [4.69, 9.17) is 4.74 Å². The molecule has 5 heteroatoms. The van der Waals surface area contributed by atoms with Gasteiger partial charge in [0.15, 0.2) is 0 Å². The highest BCUT2D eigenvalue weighted by Gasteiger charge is 2.32. The minimum absolute atomic E-state index is 0.253. The van der Waals surface area contributed by atoms with Crippen LogP contribution in [0.2, 0.25) is 0 Å². The average Bonchev–Trinajstić information content (AvgIpc) is 3.64. The third-order valence-corrected chi connectivity index (χ3v) is 10.9. The number of para-hydroxylation sites is 1. The summed E-state index contributed by atoms with van der Waals surface area (Å²) >= 11 is 0.